The predicted octanol–water partition coefficient (Wildman–Crippen LogP) is 2.46. The van der Waals surface area contributed by atoms with Crippen LogP contribution in [0.15, 0.2) is 29.3 Å². The zero-order valence-corrected chi connectivity index (χ0v) is 17.0. The molecule has 0 fully saturated rings. The first-order valence-corrected chi connectivity index (χ1v) is 8.69. The molecule has 0 atom stereocenters. The second-order valence-corrected chi connectivity index (χ2v) is 6.46. The van der Waals surface area contributed by atoms with Crippen molar-refractivity contribution >= 4 is 52.2 Å². The molecule has 0 spiro atoms. The Bertz CT molecular complexity index is 747. The molecular weight excluding hydrogens is 453 g/mol. The van der Waals surface area contributed by atoms with Gasteiger partial charge in [0.25, 0.3) is 0 Å². The summed E-state index contributed by atoms with van der Waals surface area (Å²) in [6, 6.07) is 6.24. The van der Waals surface area contributed by atoms with Gasteiger partial charge in [0.2, 0.25) is 11.1 Å². The molecule has 0 amide bonds. The number of rotatable bonds is 6. The standard InChI is InChI=1S/C16H19N5O2S.HI/c1-2-3-14-19-20-16(24-14)21(15-17-8-9-18-15)10-13(23)11-4-6-12(22)7-5-11;/h4-7,22H,2-3,8-10H2,1H3,(H,17,18);1H. The molecule has 134 valence electrons. The SMILES string of the molecule is CCCc1nnc(N(CC(=O)c2ccc(O)cc2)C2=NCCN2)s1.I. The lowest BCUT2D eigenvalue weighted by Crippen LogP contribution is -2.42. The number of carbonyl (C=O) groups excluding carboxylic acids is 1. The van der Waals surface area contributed by atoms with Crippen molar-refractivity contribution in [3.05, 3.63) is 34.8 Å². The first-order chi connectivity index (χ1) is 11.7. The molecule has 0 saturated carbocycles. The molecule has 1 aromatic carbocycles. The van der Waals surface area contributed by atoms with Gasteiger partial charge in [-0.25, -0.2) is 0 Å². The van der Waals surface area contributed by atoms with Gasteiger partial charge in [0, 0.05) is 18.5 Å². The molecule has 0 unspecified atom stereocenters. The average Bonchev–Trinajstić information content (AvgIpc) is 3.25. The first-order valence-electron chi connectivity index (χ1n) is 7.88. The molecule has 3 rings (SSSR count). The summed E-state index contributed by atoms with van der Waals surface area (Å²) >= 11 is 1.48. The minimum absolute atomic E-state index is 0. The van der Waals surface area contributed by atoms with Gasteiger partial charge in [0.05, 0.1) is 13.1 Å². The van der Waals surface area contributed by atoms with Gasteiger partial charge in [0.1, 0.15) is 10.8 Å². The highest BCUT2D eigenvalue weighted by Crippen LogP contribution is 2.22. The van der Waals surface area contributed by atoms with Crippen molar-refractivity contribution in [1.29, 1.82) is 0 Å². The number of aromatic hydroxyl groups is 1. The van der Waals surface area contributed by atoms with Crippen molar-refractivity contribution in [2.24, 2.45) is 4.99 Å². The summed E-state index contributed by atoms with van der Waals surface area (Å²) in [6.07, 6.45) is 1.87. The Kier molecular flexibility index (Phi) is 7.12. The molecule has 7 nitrogen and oxygen atoms in total. The number of phenolic OH excluding ortho intramolecular Hbond substituents is 1. The number of nitrogens with one attached hydrogen (secondary N) is 1. The van der Waals surface area contributed by atoms with Gasteiger partial charge >= 0.3 is 0 Å². The number of hydrogen-bond donors (Lipinski definition) is 2. The van der Waals surface area contributed by atoms with Crippen LogP contribution >= 0.6 is 35.3 Å². The van der Waals surface area contributed by atoms with Gasteiger partial charge in [0.15, 0.2) is 5.78 Å². The summed E-state index contributed by atoms with van der Waals surface area (Å²) in [5.74, 6) is 0.721. The molecule has 9 heteroatoms. The summed E-state index contributed by atoms with van der Waals surface area (Å²) < 4.78 is 0. The van der Waals surface area contributed by atoms with E-state index in [0.717, 1.165) is 24.4 Å². The number of hydrogen-bond acceptors (Lipinski definition) is 8. The van der Waals surface area contributed by atoms with E-state index in [4.69, 9.17) is 0 Å². The zero-order chi connectivity index (χ0) is 16.9. The van der Waals surface area contributed by atoms with E-state index in [9.17, 15) is 9.90 Å². The third-order valence-corrected chi connectivity index (χ3v) is 4.56. The number of phenols is 1. The van der Waals surface area contributed by atoms with Gasteiger partial charge in [-0.3, -0.25) is 14.7 Å². The Hall–Kier alpha value is -1.75. The van der Waals surface area contributed by atoms with E-state index in [0.29, 0.717) is 23.2 Å². The van der Waals surface area contributed by atoms with Crippen LogP contribution in [-0.2, 0) is 6.42 Å². The number of ketones is 1. The summed E-state index contributed by atoms with van der Waals surface area (Å²) in [6.45, 7) is 3.65. The number of guanidine groups is 1. The molecular formula is C16H20IN5O2S. The lowest BCUT2D eigenvalue weighted by molar-refractivity contribution is 0.100. The number of aryl methyl sites for hydroxylation is 1. The van der Waals surface area contributed by atoms with Crippen molar-refractivity contribution in [3.63, 3.8) is 0 Å². The Balaban J connectivity index is 0.00000225. The van der Waals surface area contributed by atoms with Crippen LogP contribution in [0, 0.1) is 0 Å². The van der Waals surface area contributed by atoms with E-state index in [1.165, 1.54) is 23.5 Å². The van der Waals surface area contributed by atoms with E-state index >= 15 is 0 Å². The topological polar surface area (TPSA) is 90.7 Å². The largest absolute Gasteiger partial charge is 0.508 e. The van der Waals surface area contributed by atoms with Gasteiger partial charge in [-0.05, 0) is 30.7 Å². The molecule has 0 bridgehead atoms. The van der Waals surface area contributed by atoms with Crippen LogP contribution in [0.1, 0.15) is 28.7 Å². The van der Waals surface area contributed by atoms with Crippen LogP contribution in [0.3, 0.4) is 0 Å². The number of carbonyl (C=O) groups is 1. The third kappa shape index (κ3) is 4.88. The van der Waals surface area contributed by atoms with Gasteiger partial charge < -0.3 is 10.4 Å². The lowest BCUT2D eigenvalue weighted by atomic mass is 10.1. The monoisotopic (exact) mass is 473 g/mol. The molecule has 1 aromatic heterocycles. The molecule has 25 heavy (non-hydrogen) atoms. The van der Waals surface area contributed by atoms with E-state index < -0.39 is 0 Å². The number of benzene rings is 1. The number of aliphatic imine (C=N–C) groups is 1. The quantitative estimate of drug-likeness (QED) is 0.495. The number of aromatic nitrogens is 2. The van der Waals surface area contributed by atoms with Gasteiger partial charge in [-0.15, -0.1) is 34.2 Å². The normalized spacial score (nSPS) is 12.9. The molecule has 1 aliphatic rings. The average molecular weight is 473 g/mol. The highest BCUT2D eigenvalue weighted by Gasteiger charge is 2.23. The maximum absolute atomic E-state index is 12.6. The van der Waals surface area contributed by atoms with Crippen molar-refractivity contribution in [3.8, 4) is 5.75 Å². The number of anilines is 1. The molecule has 2 heterocycles. The number of nitrogens with zero attached hydrogens (tertiary/aromatic N) is 4. The van der Waals surface area contributed by atoms with Crippen LogP contribution in [0.4, 0.5) is 5.13 Å². The minimum atomic E-state index is -0.0707. The fraction of sp³-hybridized carbons (Fsp3) is 0.375. The molecule has 0 saturated heterocycles. The van der Waals surface area contributed by atoms with E-state index in [2.05, 4.69) is 27.4 Å². The predicted molar refractivity (Wildman–Crippen MR) is 109 cm³/mol. The van der Waals surface area contributed by atoms with Crippen molar-refractivity contribution < 1.29 is 9.90 Å². The summed E-state index contributed by atoms with van der Waals surface area (Å²) in [7, 11) is 0. The first kappa shape index (κ1) is 19.6. The van der Waals surface area contributed by atoms with Crippen LogP contribution in [0.5, 0.6) is 5.75 Å². The molecule has 2 N–H and O–H groups in total. The maximum atomic E-state index is 12.6. The second kappa shape index (κ2) is 9.09. The zero-order valence-electron chi connectivity index (χ0n) is 13.8. The second-order valence-electron chi connectivity index (χ2n) is 5.42. The van der Waals surface area contributed by atoms with Gasteiger partial charge in [-0.1, -0.05) is 18.3 Å². The number of Topliss-reactive ketones (excluding diaryl/α,β-unsaturated/α-hetero) is 1. The van der Waals surface area contributed by atoms with Crippen molar-refractivity contribution in [2.75, 3.05) is 24.5 Å². The van der Waals surface area contributed by atoms with E-state index in [1.807, 2.05) is 0 Å². The van der Waals surface area contributed by atoms with E-state index in [1.54, 1.807) is 17.0 Å². The highest BCUT2D eigenvalue weighted by atomic mass is 127. The smallest absolute Gasteiger partial charge is 0.215 e. The molecule has 2 aromatic rings. The summed E-state index contributed by atoms with van der Waals surface area (Å²) in [5.41, 5.74) is 0.537. The van der Waals surface area contributed by atoms with Crippen LogP contribution in [0.2, 0.25) is 0 Å². The van der Waals surface area contributed by atoms with Crippen molar-refractivity contribution in [2.45, 2.75) is 19.8 Å². The molecule has 0 radical (unpaired) electrons. The fourth-order valence-electron chi connectivity index (χ4n) is 2.35. The van der Waals surface area contributed by atoms with Crippen LogP contribution in [-0.4, -0.2) is 46.7 Å². The highest BCUT2D eigenvalue weighted by molar-refractivity contribution is 14.0. The molecule has 1 aliphatic heterocycles. The fourth-order valence-corrected chi connectivity index (χ4v) is 3.29. The van der Waals surface area contributed by atoms with Crippen LogP contribution in [0.25, 0.3) is 0 Å². The Morgan fingerprint density at radius 3 is 2.72 bits per heavy atom. The Labute approximate surface area is 167 Å². The summed E-state index contributed by atoms with van der Waals surface area (Å²) in [4.78, 5) is 18.8. The van der Waals surface area contributed by atoms with E-state index in [-0.39, 0.29) is 42.1 Å². The summed E-state index contributed by atoms with van der Waals surface area (Å²) in [5, 5.41) is 22.6. The Morgan fingerprint density at radius 1 is 1.32 bits per heavy atom. The third-order valence-electron chi connectivity index (χ3n) is 3.55. The molecule has 0 aliphatic carbocycles. The maximum Gasteiger partial charge on any atom is 0.215 e. The van der Waals surface area contributed by atoms with Gasteiger partial charge in [-0.2, -0.15) is 0 Å². The van der Waals surface area contributed by atoms with Crippen molar-refractivity contribution in [1.82, 2.24) is 15.5 Å². The number of halogens is 1. The lowest BCUT2D eigenvalue weighted by Gasteiger charge is -2.20. The minimum Gasteiger partial charge on any atom is -0.508 e. The Morgan fingerprint density at radius 2 is 2.08 bits per heavy atom. The van der Waals surface area contributed by atoms with Crippen LogP contribution < -0.4 is 10.2 Å².